The molecule has 0 amide bonds. The Morgan fingerprint density at radius 1 is 1.24 bits per heavy atom. The first-order valence-corrected chi connectivity index (χ1v) is 6.55. The van der Waals surface area contributed by atoms with Gasteiger partial charge in [0.05, 0.1) is 6.04 Å². The largest absolute Gasteiger partial charge is 0.453 e. The Kier molecular flexibility index (Phi) is 4.26. The maximum atomic E-state index is 5.83. The molecule has 0 aliphatic heterocycles. The van der Waals surface area contributed by atoms with Gasteiger partial charge in [0.2, 0.25) is 0 Å². The molecule has 1 aromatic heterocycles. The van der Waals surface area contributed by atoms with Crippen LogP contribution in [0, 0.1) is 0 Å². The molecule has 0 bridgehead atoms. The second kappa shape index (κ2) is 5.71. The lowest BCUT2D eigenvalue weighted by molar-refractivity contribution is 0.418. The molecule has 0 radical (unpaired) electrons. The molecule has 1 aromatic carbocycles. The van der Waals surface area contributed by atoms with Crippen molar-refractivity contribution < 1.29 is 4.42 Å². The van der Waals surface area contributed by atoms with Gasteiger partial charge in [0.1, 0.15) is 5.76 Å². The average Bonchev–Trinajstić information content (AvgIpc) is 2.75. The maximum Gasteiger partial charge on any atom is 0.169 e. The second-order valence-corrected chi connectivity index (χ2v) is 5.09. The van der Waals surface area contributed by atoms with Gasteiger partial charge < -0.3 is 9.73 Å². The van der Waals surface area contributed by atoms with Crippen LogP contribution < -0.4 is 5.32 Å². The molecular weight excluding hydrogens is 302 g/mol. The lowest BCUT2D eigenvalue weighted by Gasteiger charge is -2.11. The first-order chi connectivity index (χ1) is 8.15. The molecule has 1 atom stereocenters. The predicted octanol–water partition coefficient (Wildman–Crippen LogP) is 4.55. The van der Waals surface area contributed by atoms with Crippen molar-refractivity contribution in [1.29, 1.82) is 0 Å². The number of hydrogen-bond donors (Lipinski definition) is 1. The normalized spacial score (nSPS) is 12.6. The van der Waals surface area contributed by atoms with Crippen LogP contribution in [0.25, 0.3) is 0 Å². The second-order valence-electron chi connectivity index (χ2n) is 3.87. The molecule has 1 N–H and O–H groups in total. The summed E-state index contributed by atoms with van der Waals surface area (Å²) >= 11 is 9.13. The molecule has 2 nitrogen and oxygen atoms in total. The third-order valence-corrected chi connectivity index (χ3v) is 3.22. The fourth-order valence-corrected chi connectivity index (χ4v) is 1.98. The van der Waals surface area contributed by atoms with Gasteiger partial charge in [0, 0.05) is 11.6 Å². The highest BCUT2D eigenvalue weighted by Crippen LogP contribution is 2.20. The van der Waals surface area contributed by atoms with Crippen LogP contribution in [0.2, 0.25) is 5.02 Å². The Labute approximate surface area is 114 Å². The fourth-order valence-electron chi connectivity index (χ4n) is 1.53. The van der Waals surface area contributed by atoms with Crippen molar-refractivity contribution in [2.45, 2.75) is 19.5 Å². The van der Waals surface area contributed by atoms with Crippen LogP contribution >= 0.6 is 27.5 Å². The summed E-state index contributed by atoms with van der Waals surface area (Å²) in [5.74, 6) is 0.922. The minimum atomic E-state index is 0.178. The zero-order valence-corrected chi connectivity index (χ0v) is 11.8. The Hall–Kier alpha value is -0.770. The molecule has 0 spiro atoms. The number of rotatable bonds is 4. The summed E-state index contributed by atoms with van der Waals surface area (Å²) in [5, 5.41) is 4.15. The minimum Gasteiger partial charge on any atom is -0.453 e. The third-order valence-electron chi connectivity index (χ3n) is 2.55. The molecule has 0 saturated heterocycles. The number of halogens is 2. The van der Waals surface area contributed by atoms with Crippen molar-refractivity contribution in [2.75, 3.05) is 0 Å². The molecular formula is C13H13BrClNO. The van der Waals surface area contributed by atoms with E-state index in [1.165, 1.54) is 5.56 Å². The summed E-state index contributed by atoms with van der Waals surface area (Å²) in [4.78, 5) is 0. The molecule has 0 saturated carbocycles. The van der Waals surface area contributed by atoms with E-state index in [4.69, 9.17) is 16.0 Å². The van der Waals surface area contributed by atoms with Gasteiger partial charge in [-0.2, -0.15) is 0 Å². The smallest absolute Gasteiger partial charge is 0.169 e. The Morgan fingerprint density at radius 2 is 1.94 bits per heavy atom. The molecule has 2 rings (SSSR count). The highest BCUT2D eigenvalue weighted by molar-refractivity contribution is 9.10. The predicted molar refractivity (Wildman–Crippen MR) is 73.1 cm³/mol. The van der Waals surface area contributed by atoms with Crippen LogP contribution in [0.3, 0.4) is 0 Å². The number of benzene rings is 1. The first-order valence-electron chi connectivity index (χ1n) is 5.38. The molecule has 0 fully saturated rings. The van der Waals surface area contributed by atoms with E-state index in [0.717, 1.165) is 22.0 Å². The van der Waals surface area contributed by atoms with E-state index in [1.807, 2.05) is 36.4 Å². The Morgan fingerprint density at radius 3 is 2.53 bits per heavy atom. The summed E-state index contributed by atoms with van der Waals surface area (Å²) in [6, 6.07) is 11.9. The number of furan rings is 1. The van der Waals surface area contributed by atoms with E-state index in [-0.39, 0.29) is 6.04 Å². The fraction of sp³-hybridized carbons (Fsp3) is 0.231. The van der Waals surface area contributed by atoms with Crippen LogP contribution in [0.1, 0.15) is 24.3 Å². The van der Waals surface area contributed by atoms with Gasteiger partial charge in [-0.1, -0.05) is 23.7 Å². The summed E-state index contributed by atoms with van der Waals surface area (Å²) in [6.07, 6.45) is 0. The zero-order valence-electron chi connectivity index (χ0n) is 9.41. The lowest BCUT2D eigenvalue weighted by Crippen LogP contribution is -2.17. The van der Waals surface area contributed by atoms with Crippen LogP contribution in [-0.4, -0.2) is 0 Å². The third kappa shape index (κ3) is 3.60. The average molecular weight is 315 g/mol. The molecule has 1 heterocycles. The van der Waals surface area contributed by atoms with Crippen molar-refractivity contribution in [3.8, 4) is 0 Å². The van der Waals surface area contributed by atoms with E-state index >= 15 is 0 Å². The monoisotopic (exact) mass is 313 g/mol. The van der Waals surface area contributed by atoms with Crippen molar-refractivity contribution in [3.05, 3.63) is 57.4 Å². The Bertz CT molecular complexity index is 480. The van der Waals surface area contributed by atoms with E-state index < -0.39 is 0 Å². The number of nitrogens with one attached hydrogen (secondary N) is 1. The van der Waals surface area contributed by atoms with Crippen LogP contribution in [0.15, 0.2) is 45.5 Å². The van der Waals surface area contributed by atoms with E-state index in [9.17, 15) is 0 Å². The van der Waals surface area contributed by atoms with Crippen molar-refractivity contribution in [2.24, 2.45) is 0 Å². The van der Waals surface area contributed by atoms with E-state index in [1.54, 1.807) is 0 Å². The van der Waals surface area contributed by atoms with Crippen LogP contribution in [0.4, 0.5) is 0 Å². The molecule has 4 heteroatoms. The quantitative estimate of drug-likeness (QED) is 0.896. The summed E-state index contributed by atoms with van der Waals surface area (Å²) in [5.41, 5.74) is 1.20. The summed E-state index contributed by atoms with van der Waals surface area (Å²) in [7, 11) is 0. The standard InChI is InChI=1S/C13H13BrClNO/c1-9(12-6-7-13(14)17-12)16-8-10-2-4-11(15)5-3-10/h2-7,9,16H,8H2,1H3. The molecule has 0 aliphatic rings. The highest BCUT2D eigenvalue weighted by atomic mass is 79.9. The summed E-state index contributed by atoms with van der Waals surface area (Å²) < 4.78 is 6.24. The van der Waals surface area contributed by atoms with Crippen LogP contribution in [-0.2, 0) is 6.54 Å². The molecule has 2 aromatic rings. The maximum absolute atomic E-state index is 5.83. The van der Waals surface area contributed by atoms with Gasteiger partial charge in [-0.3, -0.25) is 0 Å². The first kappa shape index (κ1) is 12.7. The van der Waals surface area contributed by atoms with Crippen molar-refractivity contribution in [3.63, 3.8) is 0 Å². The molecule has 0 aliphatic carbocycles. The Balaban J connectivity index is 1.92. The SMILES string of the molecule is CC(NCc1ccc(Cl)cc1)c1ccc(Br)o1. The van der Waals surface area contributed by atoms with E-state index in [0.29, 0.717) is 0 Å². The van der Waals surface area contributed by atoms with Gasteiger partial charge in [0.15, 0.2) is 4.67 Å². The van der Waals surface area contributed by atoms with Crippen molar-refractivity contribution in [1.82, 2.24) is 5.32 Å². The zero-order chi connectivity index (χ0) is 12.3. The molecule has 1 unspecified atom stereocenters. The summed E-state index contributed by atoms with van der Waals surface area (Å²) in [6.45, 7) is 2.86. The lowest BCUT2D eigenvalue weighted by atomic mass is 10.2. The minimum absolute atomic E-state index is 0.178. The molecule has 90 valence electrons. The topological polar surface area (TPSA) is 25.2 Å². The van der Waals surface area contributed by atoms with Crippen molar-refractivity contribution >= 4 is 27.5 Å². The number of hydrogen-bond acceptors (Lipinski definition) is 2. The van der Waals surface area contributed by atoms with Gasteiger partial charge >= 0.3 is 0 Å². The van der Waals surface area contributed by atoms with Gasteiger partial charge in [0.25, 0.3) is 0 Å². The van der Waals surface area contributed by atoms with Crippen LogP contribution in [0.5, 0.6) is 0 Å². The van der Waals surface area contributed by atoms with E-state index in [2.05, 4.69) is 28.2 Å². The van der Waals surface area contributed by atoms with Gasteiger partial charge in [-0.05, 0) is 52.7 Å². The molecule has 17 heavy (non-hydrogen) atoms. The van der Waals surface area contributed by atoms with Gasteiger partial charge in [-0.15, -0.1) is 0 Å². The van der Waals surface area contributed by atoms with Gasteiger partial charge in [-0.25, -0.2) is 0 Å². The highest BCUT2D eigenvalue weighted by Gasteiger charge is 2.08.